The van der Waals surface area contributed by atoms with Gasteiger partial charge in [0.25, 0.3) is 0 Å². The lowest BCUT2D eigenvalue weighted by atomic mass is 9.66. The average Bonchev–Trinajstić information content (AvgIpc) is 2.24. The van der Waals surface area contributed by atoms with Crippen molar-refractivity contribution in [2.45, 2.75) is 64.0 Å². The van der Waals surface area contributed by atoms with Gasteiger partial charge in [-0.1, -0.05) is 26.7 Å². The molecule has 0 aliphatic heterocycles. The van der Waals surface area contributed by atoms with E-state index in [-0.39, 0.29) is 0 Å². The molecule has 2 unspecified atom stereocenters. The fourth-order valence-corrected chi connectivity index (χ4v) is 4.06. The van der Waals surface area contributed by atoms with Crippen LogP contribution < -0.4 is 5.73 Å². The van der Waals surface area contributed by atoms with Crippen molar-refractivity contribution in [3.05, 3.63) is 0 Å². The zero-order chi connectivity index (χ0) is 11.8. The molecule has 0 heterocycles. The number of nitrogens with two attached hydrogens (primary N) is 1. The molecule has 2 N–H and O–H groups in total. The zero-order valence-electron chi connectivity index (χ0n) is 11.2. The molecule has 2 nitrogen and oxygen atoms in total. The van der Waals surface area contributed by atoms with Crippen LogP contribution >= 0.6 is 0 Å². The van der Waals surface area contributed by atoms with Crippen LogP contribution in [0.5, 0.6) is 0 Å². The number of hydrogen-bond donors (Lipinski definition) is 1. The number of hydrogen-bond acceptors (Lipinski definition) is 2. The van der Waals surface area contributed by atoms with E-state index < -0.39 is 0 Å². The number of rotatable bonds is 3. The van der Waals surface area contributed by atoms with Crippen molar-refractivity contribution in [2.75, 3.05) is 13.6 Å². The molecule has 0 aromatic carbocycles. The Morgan fingerprint density at radius 1 is 1.19 bits per heavy atom. The first kappa shape index (κ1) is 12.4. The molecule has 16 heavy (non-hydrogen) atoms. The molecular formula is C14H28N2. The third-order valence-electron chi connectivity index (χ3n) is 5.15. The summed E-state index contributed by atoms with van der Waals surface area (Å²) in [6.45, 7) is 5.62. The maximum atomic E-state index is 6.04. The molecule has 0 spiro atoms. The molecule has 0 amide bonds. The van der Waals surface area contributed by atoms with Gasteiger partial charge in [0.2, 0.25) is 0 Å². The van der Waals surface area contributed by atoms with Gasteiger partial charge >= 0.3 is 0 Å². The SMILES string of the molecule is CC1CC(CN)(N(C)C2CCCCC2C)C1. The highest BCUT2D eigenvalue weighted by Crippen LogP contribution is 2.44. The molecule has 0 radical (unpaired) electrons. The first-order chi connectivity index (χ1) is 7.59. The monoisotopic (exact) mass is 224 g/mol. The summed E-state index contributed by atoms with van der Waals surface area (Å²) < 4.78 is 0. The van der Waals surface area contributed by atoms with Crippen molar-refractivity contribution in [2.24, 2.45) is 17.6 Å². The minimum absolute atomic E-state index is 0.343. The first-order valence-electron chi connectivity index (χ1n) is 7.02. The van der Waals surface area contributed by atoms with Gasteiger partial charge in [0.05, 0.1) is 0 Å². The Kier molecular flexibility index (Phi) is 3.60. The summed E-state index contributed by atoms with van der Waals surface area (Å²) in [6.07, 6.45) is 8.25. The third kappa shape index (κ3) is 2.02. The van der Waals surface area contributed by atoms with Crippen LogP contribution in [0, 0.1) is 11.8 Å². The molecule has 0 aromatic rings. The average molecular weight is 224 g/mol. The molecule has 2 aliphatic carbocycles. The smallest absolute Gasteiger partial charge is 0.0336 e. The van der Waals surface area contributed by atoms with Gasteiger partial charge in [-0.2, -0.15) is 0 Å². The van der Waals surface area contributed by atoms with E-state index in [1.54, 1.807) is 0 Å². The van der Waals surface area contributed by atoms with Gasteiger partial charge in [-0.05, 0) is 44.6 Å². The summed E-state index contributed by atoms with van der Waals surface area (Å²) in [7, 11) is 2.32. The molecule has 2 saturated carbocycles. The van der Waals surface area contributed by atoms with E-state index in [0.717, 1.165) is 24.4 Å². The van der Waals surface area contributed by atoms with Crippen LogP contribution in [0.1, 0.15) is 52.4 Å². The molecule has 94 valence electrons. The van der Waals surface area contributed by atoms with E-state index in [9.17, 15) is 0 Å². The topological polar surface area (TPSA) is 29.3 Å². The molecule has 2 aliphatic rings. The summed E-state index contributed by atoms with van der Waals surface area (Å²) in [5.74, 6) is 1.74. The minimum Gasteiger partial charge on any atom is -0.329 e. The molecule has 0 saturated heterocycles. The largest absolute Gasteiger partial charge is 0.329 e. The maximum Gasteiger partial charge on any atom is 0.0336 e. The second kappa shape index (κ2) is 4.66. The number of nitrogens with zero attached hydrogens (tertiary/aromatic N) is 1. The highest BCUT2D eigenvalue weighted by Gasteiger charge is 2.47. The van der Waals surface area contributed by atoms with Gasteiger partial charge < -0.3 is 5.73 Å². The zero-order valence-corrected chi connectivity index (χ0v) is 11.2. The third-order valence-corrected chi connectivity index (χ3v) is 5.15. The van der Waals surface area contributed by atoms with E-state index in [4.69, 9.17) is 5.73 Å². The molecule has 0 bridgehead atoms. The van der Waals surface area contributed by atoms with Crippen molar-refractivity contribution in [3.8, 4) is 0 Å². The van der Waals surface area contributed by atoms with Gasteiger partial charge in [0.15, 0.2) is 0 Å². The Bertz CT molecular complexity index is 233. The molecule has 0 aromatic heterocycles. The van der Waals surface area contributed by atoms with Crippen LogP contribution in [-0.2, 0) is 0 Å². The lowest BCUT2D eigenvalue weighted by molar-refractivity contribution is -0.0452. The molecule has 2 atom stereocenters. The Morgan fingerprint density at radius 3 is 2.31 bits per heavy atom. The lowest BCUT2D eigenvalue weighted by Crippen LogP contribution is -2.63. The Labute approximate surface area is 101 Å². The van der Waals surface area contributed by atoms with E-state index in [1.807, 2.05) is 0 Å². The second-order valence-electron chi connectivity index (χ2n) is 6.38. The van der Waals surface area contributed by atoms with Gasteiger partial charge in [0, 0.05) is 18.1 Å². The van der Waals surface area contributed by atoms with Crippen LogP contribution in [0.3, 0.4) is 0 Å². The summed E-state index contributed by atoms with van der Waals surface area (Å²) in [4.78, 5) is 2.65. The van der Waals surface area contributed by atoms with E-state index in [2.05, 4.69) is 25.8 Å². The van der Waals surface area contributed by atoms with Crippen molar-refractivity contribution in [3.63, 3.8) is 0 Å². The quantitative estimate of drug-likeness (QED) is 0.798. The fourth-order valence-electron chi connectivity index (χ4n) is 4.06. The van der Waals surface area contributed by atoms with E-state index in [1.165, 1.54) is 38.5 Å². The molecule has 2 rings (SSSR count). The van der Waals surface area contributed by atoms with Gasteiger partial charge in [-0.15, -0.1) is 0 Å². The summed E-state index contributed by atoms with van der Waals surface area (Å²) in [5.41, 5.74) is 6.39. The fraction of sp³-hybridized carbons (Fsp3) is 1.00. The van der Waals surface area contributed by atoms with Crippen molar-refractivity contribution < 1.29 is 0 Å². The highest BCUT2D eigenvalue weighted by molar-refractivity contribution is 5.03. The highest BCUT2D eigenvalue weighted by atomic mass is 15.2. The molecule has 2 heteroatoms. The van der Waals surface area contributed by atoms with Crippen LogP contribution in [0.4, 0.5) is 0 Å². The van der Waals surface area contributed by atoms with Crippen LogP contribution in [0.2, 0.25) is 0 Å². The molecule has 2 fully saturated rings. The summed E-state index contributed by atoms with van der Waals surface area (Å²) in [5, 5.41) is 0. The summed E-state index contributed by atoms with van der Waals surface area (Å²) >= 11 is 0. The van der Waals surface area contributed by atoms with Crippen LogP contribution in [0.25, 0.3) is 0 Å². The lowest BCUT2D eigenvalue weighted by Gasteiger charge is -2.56. The van der Waals surface area contributed by atoms with Crippen LogP contribution in [0.15, 0.2) is 0 Å². The number of likely N-dealkylation sites (N-methyl/N-ethyl adjacent to an activating group) is 1. The van der Waals surface area contributed by atoms with Gasteiger partial charge in [0.1, 0.15) is 0 Å². The van der Waals surface area contributed by atoms with Gasteiger partial charge in [-0.3, -0.25) is 4.90 Å². The van der Waals surface area contributed by atoms with Crippen molar-refractivity contribution >= 4 is 0 Å². The first-order valence-corrected chi connectivity index (χ1v) is 7.02. The van der Waals surface area contributed by atoms with Crippen LogP contribution in [-0.4, -0.2) is 30.1 Å². The van der Waals surface area contributed by atoms with E-state index >= 15 is 0 Å². The maximum absolute atomic E-state index is 6.04. The molecular weight excluding hydrogens is 196 g/mol. The Morgan fingerprint density at radius 2 is 1.81 bits per heavy atom. The van der Waals surface area contributed by atoms with Crippen molar-refractivity contribution in [1.82, 2.24) is 4.90 Å². The predicted octanol–water partition coefficient (Wildman–Crippen LogP) is 2.62. The Balaban J connectivity index is 2.02. The second-order valence-corrected chi connectivity index (χ2v) is 6.38. The Hall–Kier alpha value is -0.0800. The predicted molar refractivity (Wildman–Crippen MR) is 69.4 cm³/mol. The van der Waals surface area contributed by atoms with E-state index in [0.29, 0.717) is 5.54 Å². The standard InChI is InChI=1S/C14H28N2/c1-11-8-14(9-11,10-15)16(3)13-7-5-4-6-12(13)2/h11-13H,4-10,15H2,1-3H3. The van der Waals surface area contributed by atoms with Gasteiger partial charge in [-0.25, -0.2) is 0 Å². The normalized spacial score (nSPS) is 44.4. The van der Waals surface area contributed by atoms with Crippen molar-refractivity contribution in [1.29, 1.82) is 0 Å². The summed E-state index contributed by atoms with van der Waals surface area (Å²) in [6, 6.07) is 0.782. The minimum atomic E-state index is 0.343.